The van der Waals surface area contributed by atoms with Gasteiger partial charge < -0.3 is 9.84 Å². The third-order valence-electron chi connectivity index (χ3n) is 4.16. The van der Waals surface area contributed by atoms with Crippen molar-refractivity contribution in [1.82, 2.24) is 0 Å². The summed E-state index contributed by atoms with van der Waals surface area (Å²) in [5, 5.41) is 9.51. The molecule has 1 aliphatic rings. The van der Waals surface area contributed by atoms with Gasteiger partial charge in [0, 0.05) is 5.57 Å². The number of carboxylic acids is 1. The monoisotopic (exact) mass is 330 g/mol. The Bertz CT molecular complexity index is 614. The Balaban J connectivity index is 2.16. The molecule has 0 aromatic heterocycles. The molecule has 0 atom stereocenters. The fourth-order valence-electron chi connectivity index (χ4n) is 3.00. The first-order chi connectivity index (χ1) is 11.3. The average Bonchev–Trinajstić information content (AvgIpc) is 2.52. The molecule has 130 valence electrons. The molecule has 0 unspecified atom stereocenters. The first kappa shape index (κ1) is 18.2. The normalized spacial score (nSPS) is 16.7. The van der Waals surface area contributed by atoms with Crippen LogP contribution in [0.3, 0.4) is 0 Å². The van der Waals surface area contributed by atoms with Crippen molar-refractivity contribution in [2.24, 2.45) is 5.92 Å². The van der Waals surface area contributed by atoms with E-state index >= 15 is 0 Å². The number of carbonyl (C=O) groups excluding carboxylic acids is 1. The van der Waals surface area contributed by atoms with Gasteiger partial charge in [-0.05, 0) is 63.3 Å². The maximum atomic E-state index is 12.0. The van der Waals surface area contributed by atoms with Crippen LogP contribution in [0.5, 0.6) is 0 Å². The molecule has 0 radical (unpaired) electrons. The number of aliphatic carboxylic acids is 1. The predicted molar refractivity (Wildman–Crippen MR) is 93.8 cm³/mol. The van der Waals surface area contributed by atoms with Crippen LogP contribution in [-0.4, -0.2) is 22.6 Å². The lowest BCUT2D eigenvalue weighted by Gasteiger charge is -2.22. The number of hydrogen-bond donors (Lipinski definition) is 1. The lowest BCUT2D eigenvalue weighted by atomic mass is 9.83. The van der Waals surface area contributed by atoms with Crippen molar-refractivity contribution < 1.29 is 19.4 Å². The molecule has 0 amide bonds. The van der Waals surface area contributed by atoms with Crippen LogP contribution in [-0.2, 0) is 9.53 Å². The summed E-state index contributed by atoms with van der Waals surface area (Å²) in [5.74, 6) is -1.09. The molecular weight excluding hydrogens is 304 g/mol. The fourth-order valence-corrected chi connectivity index (χ4v) is 3.00. The van der Waals surface area contributed by atoms with E-state index in [-0.39, 0.29) is 11.9 Å². The molecule has 1 aromatic carbocycles. The molecule has 0 saturated heterocycles. The Labute approximate surface area is 143 Å². The van der Waals surface area contributed by atoms with Crippen molar-refractivity contribution in [2.45, 2.75) is 58.5 Å². The molecule has 0 aliphatic heterocycles. The van der Waals surface area contributed by atoms with Gasteiger partial charge in [-0.25, -0.2) is 9.59 Å². The van der Waals surface area contributed by atoms with Crippen LogP contribution >= 0.6 is 0 Å². The second-order valence-electron chi connectivity index (χ2n) is 7.36. The minimum absolute atomic E-state index is 0.127. The first-order valence-electron chi connectivity index (χ1n) is 8.54. The summed E-state index contributed by atoms with van der Waals surface area (Å²) in [6.45, 7) is 5.47. The molecule has 1 fully saturated rings. The van der Waals surface area contributed by atoms with Crippen LogP contribution in [0.1, 0.15) is 68.8 Å². The third-order valence-corrected chi connectivity index (χ3v) is 4.16. The Morgan fingerprint density at radius 2 is 1.67 bits per heavy atom. The summed E-state index contributed by atoms with van der Waals surface area (Å²) in [5.41, 5.74) is 1.20. The molecule has 1 aliphatic carbocycles. The van der Waals surface area contributed by atoms with Crippen molar-refractivity contribution in [3.8, 4) is 0 Å². The highest BCUT2D eigenvalue weighted by molar-refractivity contribution is 5.93. The summed E-state index contributed by atoms with van der Waals surface area (Å²) in [4.78, 5) is 23.6. The zero-order valence-electron chi connectivity index (χ0n) is 14.7. The summed E-state index contributed by atoms with van der Waals surface area (Å²) in [6, 6.07) is 6.90. The number of rotatable bonds is 4. The molecule has 2 rings (SSSR count). The van der Waals surface area contributed by atoms with Gasteiger partial charge in [-0.3, -0.25) is 0 Å². The van der Waals surface area contributed by atoms with Crippen molar-refractivity contribution >= 4 is 18.0 Å². The van der Waals surface area contributed by atoms with Crippen LogP contribution < -0.4 is 0 Å². The summed E-state index contributed by atoms with van der Waals surface area (Å²) in [7, 11) is 0. The van der Waals surface area contributed by atoms with Crippen molar-refractivity contribution in [2.75, 3.05) is 0 Å². The Morgan fingerprint density at radius 1 is 1.08 bits per heavy atom. The molecule has 1 saturated carbocycles. The van der Waals surface area contributed by atoms with E-state index in [4.69, 9.17) is 4.74 Å². The third kappa shape index (κ3) is 5.22. The summed E-state index contributed by atoms with van der Waals surface area (Å²) < 4.78 is 5.33. The minimum Gasteiger partial charge on any atom is -0.478 e. The van der Waals surface area contributed by atoms with E-state index in [2.05, 4.69) is 0 Å². The van der Waals surface area contributed by atoms with Gasteiger partial charge >= 0.3 is 11.9 Å². The molecule has 1 aromatic rings. The van der Waals surface area contributed by atoms with Gasteiger partial charge in [0.25, 0.3) is 0 Å². The van der Waals surface area contributed by atoms with Crippen LogP contribution in [0, 0.1) is 5.92 Å². The topological polar surface area (TPSA) is 63.6 Å². The van der Waals surface area contributed by atoms with E-state index in [0.717, 1.165) is 31.2 Å². The van der Waals surface area contributed by atoms with Gasteiger partial charge in [0.1, 0.15) is 5.60 Å². The molecule has 0 spiro atoms. The van der Waals surface area contributed by atoms with Crippen molar-refractivity contribution in [3.05, 3.63) is 41.0 Å². The van der Waals surface area contributed by atoms with E-state index in [9.17, 15) is 14.7 Å². The lowest BCUT2D eigenvalue weighted by molar-refractivity contribution is -0.133. The van der Waals surface area contributed by atoms with Crippen LogP contribution in [0.25, 0.3) is 6.08 Å². The largest absolute Gasteiger partial charge is 0.478 e. The van der Waals surface area contributed by atoms with Gasteiger partial charge in [-0.2, -0.15) is 0 Å². The molecule has 4 nitrogen and oxygen atoms in total. The first-order valence-corrected chi connectivity index (χ1v) is 8.54. The van der Waals surface area contributed by atoms with E-state index in [1.54, 1.807) is 30.3 Å². The van der Waals surface area contributed by atoms with Gasteiger partial charge in [0.05, 0.1) is 5.56 Å². The number of benzene rings is 1. The number of carbonyl (C=O) groups is 2. The maximum absolute atomic E-state index is 12.0. The van der Waals surface area contributed by atoms with E-state index in [1.807, 2.05) is 20.8 Å². The molecular formula is C20H26O4. The fraction of sp³-hybridized carbons (Fsp3) is 0.500. The molecule has 0 heterocycles. The van der Waals surface area contributed by atoms with Crippen LogP contribution in [0.15, 0.2) is 29.8 Å². The number of carboxylic acid groups (broad SMARTS) is 1. The van der Waals surface area contributed by atoms with Crippen LogP contribution in [0.2, 0.25) is 0 Å². The molecule has 4 heteroatoms. The van der Waals surface area contributed by atoms with E-state index < -0.39 is 11.6 Å². The highest BCUT2D eigenvalue weighted by Gasteiger charge is 2.23. The highest BCUT2D eigenvalue weighted by Crippen LogP contribution is 2.31. The number of esters is 1. The summed E-state index contributed by atoms with van der Waals surface area (Å²) in [6.07, 6.45) is 6.98. The van der Waals surface area contributed by atoms with E-state index in [1.165, 1.54) is 6.42 Å². The van der Waals surface area contributed by atoms with Crippen molar-refractivity contribution in [3.63, 3.8) is 0 Å². The lowest BCUT2D eigenvalue weighted by Crippen LogP contribution is -2.23. The van der Waals surface area contributed by atoms with E-state index in [0.29, 0.717) is 11.1 Å². The Kier molecular flexibility index (Phi) is 5.81. The summed E-state index contributed by atoms with van der Waals surface area (Å²) >= 11 is 0. The smallest absolute Gasteiger partial charge is 0.338 e. The van der Waals surface area contributed by atoms with Gasteiger partial charge in [-0.1, -0.05) is 31.4 Å². The zero-order valence-corrected chi connectivity index (χ0v) is 14.7. The Morgan fingerprint density at radius 3 is 2.17 bits per heavy atom. The van der Waals surface area contributed by atoms with Gasteiger partial charge in [0.15, 0.2) is 0 Å². The second-order valence-corrected chi connectivity index (χ2v) is 7.36. The zero-order chi connectivity index (χ0) is 17.7. The van der Waals surface area contributed by atoms with Crippen LogP contribution in [0.4, 0.5) is 0 Å². The number of hydrogen-bond acceptors (Lipinski definition) is 3. The number of ether oxygens (including phenoxy) is 1. The van der Waals surface area contributed by atoms with Gasteiger partial charge in [0.2, 0.25) is 0 Å². The SMILES string of the molecule is CC(C)(C)OC(=O)c1ccc(/C=C(/C(=O)O)C2CCCCC2)cc1. The molecule has 0 bridgehead atoms. The predicted octanol–water partition coefficient (Wildman–Crippen LogP) is 4.69. The second kappa shape index (κ2) is 7.65. The van der Waals surface area contributed by atoms with Crippen molar-refractivity contribution in [1.29, 1.82) is 0 Å². The van der Waals surface area contributed by atoms with Gasteiger partial charge in [-0.15, -0.1) is 0 Å². The standard InChI is InChI=1S/C20H26O4/c1-20(2,3)24-19(23)16-11-9-14(10-12-16)13-17(18(21)22)15-7-5-4-6-8-15/h9-13,15H,4-8H2,1-3H3,(H,21,22)/b17-13+. The molecule has 1 N–H and O–H groups in total. The minimum atomic E-state index is -0.849. The molecule has 24 heavy (non-hydrogen) atoms. The average molecular weight is 330 g/mol. The highest BCUT2D eigenvalue weighted by atomic mass is 16.6. The quantitative estimate of drug-likeness (QED) is 0.642. The Hall–Kier alpha value is -2.10. The maximum Gasteiger partial charge on any atom is 0.338 e.